The fraction of sp³-hybridized carbons (Fsp3) is 0.375. The van der Waals surface area contributed by atoms with Gasteiger partial charge in [-0.1, -0.05) is 29.3 Å². The second-order valence-corrected chi connectivity index (χ2v) is 9.41. The maximum Gasteiger partial charge on any atom is 0.254 e. The van der Waals surface area contributed by atoms with Crippen molar-refractivity contribution in [3.8, 4) is 5.75 Å². The Morgan fingerprint density at radius 1 is 1.14 bits per heavy atom. The molecule has 0 bridgehead atoms. The van der Waals surface area contributed by atoms with E-state index >= 15 is 0 Å². The largest absolute Gasteiger partial charge is 0.497 e. The number of nitrogens with zero attached hydrogens (tertiary/aromatic N) is 1. The molecule has 4 rings (SSSR count). The standard InChI is InChI=1S/C24H26Cl2N2O8/c1-35-13-3-5-18-14(7-13)15(9-28(18)8-12-2-4-16(25)17(26)6-12)22(33)27-24(11-30)21(32)20(31)19(10-29)36-23(24)34/h2-7,9,19-21,23,29-32,34H,8,10-11H2,1H3,(H,27,33)/t19-,20-,21+,23?,24-/m1/s1. The lowest BCUT2D eigenvalue weighted by Gasteiger charge is -2.48. The van der Waals surface area contributed by atoms with Crippen molar-refractivity contribution in [1.29, 1.82) is 0 Å². The molecule has 1 aliphatic rings. The highest BCUT2D eigenvalue weighted by atomic mass is 35.5. The quantitative estimate of drug-likeness (QED) is 0.258. The average Bonchev–Trinajstić information content (AvgIpc) is 3.23. The van der Waals surface area contributed by atoms with Gasteiger partial charge in [-0.2, -0.15) is 0 Å². The van der Waals surface area contributed by atoms with Crippen LogP contribution in [0.3, 0.4) is 0 Å². The van der Waals surface area contributed by atoms with E-state index in [4.69, 9.17) is 32.7 Å². The Morgan fingerprint density at radius 2 is 1.89 bits per heavy atom. The Hall–Kier alpha value is -2.41. The number of benzene rings is 2. The van der Waals surface area contributed by atoms with Crippen LogP contribution in [0.15, 0.2) is 42.6 Å². The first kappa shape index (κ1) is 26.6. The molecule has 2 heterocycles. The van der Waals surface area contributed by atoms with Crippen LogP contribution in [-0.2, 0) is 11.3 Å². The Labute approximate surface area is 216 Å². The highest BCUT2D eigenvalue weighted by molar-refractivity contribution is 6.42. The van der Waals surface area contributed by atoms with E-state index in [9.17, 15) is 30.3 Å². The van der Waals surface area contributed by atoms with Crippen LogP contribution in [0.5, 0.6) is 5.75 Å². The number of nitrogens with one attached hydrogen (secondary N) is 1. The first-order valence-corrected chi connectivity index (χ1v) is 11.8. The van der Waals surface area contributed by atoms with Crippen molar-refractivity contribution in [2.24, 2.45) is 0 Å². The molecule has 1 saturated heterocycles. The first-order valence-electron chi connectivity index (χ1n) is 11.0. The summed E-state index contributed by atoms with van der Waals surface area (Å²) in [6, 6.07) is 10.3. The molecule has 6 N–H and O–H groups in total. The van der Waals surface area contributed by atoms with Gasteiger partial charge in [0.15, 0.2) is 6.29 Å². The van der Waals surface area contributed by atoms with E-state index in [-0.39, 0.29) is 5.56 Å². The highest BCUT2D eigenvalue weighted by Gasteiger charge is 2.56. The Bertz CT molecular complexity index is 1270. The van der Waals surface area contributed by atoms with Gasteiger partial charge in [-0.3, -0.25) is 4.79 Å². The van der Waals surface area contributed by atoms with E-state index in [1.54, 1.807) is 47.2 Å². The summed E-state index contributed by atoms with van der Waals surface area (Å²) < 4.78 is 12.3. The number of aliphatic hydroxyl groups is 5. The van der Waals surface area contributed by atoms with Gasteiger partial charge in [0.2, 0.25) is 0 Å². The second kappa shape index (κ2) is 10.5. The molecule has 1 aliphatic heterocycles. The molecule has 5 atom stereocenters. The molecular weight excluding hydrogens is 515 g/mol. The van der Waals surface area contributed by atoms with Gasteiger partial charge in [0, 0.05) is 23.6 Å². The third kappa shape index (κ3) is 4.67. The molecule has 36 heavy (non-hydrogen) atoms. The number of hydrogen-bond acceptors (Lipinski definition) is 8. The smallest absolute Gasteiger partial charge is 0.254 e. The lowest BCUT2D eigenvalue weighted by molar-refractivity contribution is -0.288. The number of halogens is 2. The number of hydrogen-bond donors (Lipinski definition) is 6. The SMILES string of the molecule is COc1ccc2c(c1)c(C(=O)N[C@@]1(CO)C(O)O[C@H](CO)[C@@H](O)[C@@H]1O)cn2Cc1ccc(Cl)c(Cl)c1. The summed E-state index contributed by atoms with van der Waals surface area (Å²) in [7, 11) is 1.49. The molecular formula is C24H26Cl2N2O8. The number of carbonyl (C=O) groups excluding carboxylic acids is 1. The molecule has 0 spiro atoms. The molecule has 0 aliphatic carbocycles. The number of amides is 1. The van der Waals surface area contributed by atoms with E-state index in [2.05, 4.69) is 5.32 Å². The Balaban J connectivity index is 1.73. The number of rotatable bonds is 7. The van der Waals surface area contributed by atoms with Gasteiger partial charge in [-0.25, -0.2) is 0 Å². The van der Waals surface area contributed by atoms with Gasteiger partial charge in [0.1, 0.15) is 29.6 Å². The van der Waals surface area contributed by atoms with Crippen molar-refractivity contribution in [3.05, 3.63) is 63.8 Å². The molecule has 2 aromatic carbocycles. The first-order chi connectivity index (χ1) is 17.1. The minimum atomic E-state index is -2.15. The van der Waals surface area contributed by atoms with E-state index < -0.39 is 49.3 Å². The molecule has 1 aromatic heterocycles. The van der Waals surface area contributed by atoms with Gasteiger partial charge >= 0.3 is 0 Å². The normalized spacial score (nSPS) is 26.2. The maximum atomic E-state index is 13.5. The van der Waals surface area contributed by atoms with Gasteiger partial charge in [0.05, 0.1) is 35.9 Å². The summed E-state index contributed by atoms with van der Waals surface area (Å²) in [4.78, 5) is 13.5. The predicted molar refractivity (Wildman–Crippen MR) is 131 cm³/mol. The van der Waals surface area contributed by atoms with E-state index in [1.165, 1.54) is 7.11 Å². The van der Waals surface area contributed by atoms with Gasteiger partial charge in [-0.05, 0) is 35.9 Å². The summed E-state index contributed by atoms with van der Waals surface area (Å²) in [5.41, 5.74) is -0.513. The van der Waals surface area contributed by atoms with Crippen LogP contribution < -0.4 is 10.1 Å². The molecule has 194 valence electrons. The number of ether oxygens (including phenoxy) is 2. The molecule has 0 radical (unpaired) electrons. The molecule has 0 saturated carbocycles. The number of aromatic nitrogens is 1. The van der Waals surface area contributed by atoms with Gasteiger partial charge in [-0.15, -0.1) is 0 Å². The lowest BCUT2D eigenvalue weighted by atomic mass is 9.83. The number of carbonyl (C=O) groups is 1. The highest BCUT2D eigenvalue weighted by Crippen LogP contribution is 2.32. The molecule has 1 unspecified atom stereocenters. The minimum Gasteiger partial charge on any atom is -0.497 e. The van der Waals surface area contributed by atoms with Gasteiger partial charge in [0.25, 0.3) is 5.91 Å². The van der Waals surface area contributed by atoms with Crippen LogP contribution in [0.2, 0.25) is 10.0 Å². The molecule has 1 amide bonds. The molecule has 10 nitrogen and oxygen atoms in total. The number of methoxy groups -OCH3 is 1. The van der Waals surface area contributed by atoms with E-state index in [0.717, 1.165) is 5.56 Å². The zero-order valence-corrected chi connectivity index (χ0v) is 20.6. The fourth-order valence-corrected chi connectivity index (χ4v) is 4.67. The maximum absolute atomic E-state index is 13.5. The number of fused-ring (bicyclic) bond motifs is 1. The summed E-state index contributed by atoms with van der Waals surface area (Å²) in [6.45, 7) is -1.31. The van der Waals surface area contributed by atoms with Gasteiger partial charge < -0.3 is 44.9 Å². The van der Waals surface area contributed by atoms with Crippen molar-refractivity contribution in [2.75, 3.05) is 20.3 Å². The Kier molecular flexibility index (Phi) is 7.79. The predicted octanol–water partition coefficient (Wildman–Crippen LogP) is 0.897. The Morgan fingerprint density at radius 3 is 2.53 bits per heavy atom. The number of aliphatic hydroxyl groups excluding tert-OH is 5. The van der Waals surface area contributed by atoms with Crippen LogP contribution in [-0.4, -0.2) is 86.5 Å². The summed E-state index contributed by atoms with van der Waals surface area (Å²) in [5, 5.41) is 54.6. The molecule has 1 fully saturated rings. The van der Waals surface area contributed by atoms with Crippen molar-refractivity contribution in [1.82, 2.24) is 9.88 Å². The third-order valence-electron chi connectivity index (χ3n) is 6.43. The monoisotopic (exact) mass is 540 g/mol. The summed E-state index contributed by atoms with van der Waals surface area (Å²) in [5.74, 6) is -0.269. The van der Waals surface area contributed by atoms with Crippen molar-refractivity contribution >= 4 is 40.0 Å². The molecule has 3 aromatic rings. The van der Waals surface area contributed by atoms with Crippen LogP contribution in [0, 0.1) is 0 Å². The fourth-order valence-electron chi connectivity index (χ4n) is 4.35. The topological polar surface area (TPSA) is 154 Å². The molecule has 12 heteroatoms. The van der Waals surface area contributed by atoms with Crippen LogP contribution in [0.4, 0.5) is 0 Å². The van der Waals surface area contributed by atoms with Crippen LogP contribution in [0.25, 0.3) is 10.9 Å². The third-order valence-corrected chi connectivity index (χ3v) is 7.17. The second-order valence-electron chi connectivity index (χ2n) is 8.60. The van der Waals surface area contributed by atoms with Crippen molar-refractivity contribution in [3.63, 3.8) is 0 Å². The van der Waals surface area contributed by atoms with Crippen molar-refractivity contribution in [2.45, 2.75) is 36.7 Å². The van der Waals surface area contributed by atoms with E-state index in [0.29, 0.717) is 33.2 Å². The van der Waals surface area contributed by atoms with Crippen LogP contribution >= 0.6 is 23.2 Å². The lowest BCUT2D eigenvalue weighted by Crippen LogP contribution is -2.74. The summed E-state index contributed by atoms with van der Waals surface area (Å²) >= 11 is 12.2. The van der Waals surface area contributed by atoms with Crippen LogP contribution in [0.1, 0.15) is 15.9 Å². The van der Waals surface area contributed by atoms with Crippen molar-refractivity contribution < 1.29 is 39.8 Å². The zero-order chi connectivity index (χ0) is 26.2. The average molecular weight is 541 g/mol. The summed E-state index contributed by atoms with van der Waals surface area (Å²) in [6.07, 6.45) is -5.17. The van der Waals surface area contributed by atoms with E-state index in [1.807, 2.05) is 0 Å². The zero-order valence-electron chi connectivity index (χ0n) is 19.1. The minimum absolute atomic E-state index is 0.148.